The highest BCUT2D eigenvalue weighted by Gasteiger charge is 2.30. The monoisotopic (exact) mass is 272 g/mol. The molecule has 0 N–H and O–H groups in total. The number of rotatable bonds is 2. The molecule has 0 bridgehead atoms. The van der Waals surface area contributed by atoms with Gasteiger partial charge in [0, 0.05) is 24.3 Å². The predicted octanol–water partition coefficient (Wildman–Crippen LogP) is 3.43. The van der Waals surface area contributed by atoms with Crippen molar-refractivity contribution in [1.82, 2.24) is 4.98 Å². The predicted molar refractivity (Wildman–Crippen MR) is 77.4 cm³/mol. The molecule has 1 saturated heterocycles. The van der Waals surface area contributed by atoms with Crippen LogP contribution in [-0.2, 0) is 4.79 Å². The van der Waals surface area contributed by atoms with Crippen molar-refractivity contribution >= 4 is 34.1 Å². The first-order chi connectivity index (χ1) is 9.20. The molecule has 0 radical (unpaired) electrons. The van der Waals surface area contributed by atoms with E-state index in [1.165, 1.54) is 0 Å². The van der Waals surface area contributed by atoms with Gasteiger partial charge in [0.05, 0.1) is 22.4 Å². The average Bonchev–Trinajstić information content (AvgIpc) is 2.81. The van der Waals surface area contributed by atoms with Crippen molar-refractivity contribution in [2.45, 2.75) is 6.42 Å². The third-order valence-electron chi connectivity index (χ3n) is 3.47. The van der Waals surface area contributed by atoms with E-state index in [-0.39, 0.29) is 11.8 Å². The first-order valence-corrected chi connectivity index (χ1v) is 6.54. The molecule has 1 aromatic carbocycles. The maximum atomic E-state index is 12.0. The van der Waals surface area contributed by atoms with E-state index in [1.54, 1.807) is 11.1 Å². The Kier molecular flexibility index (Phi) is 2.99. The van der Waals surface area contributed by atoms with Gasteiger partial charge >= 0.3 is 0 Å². The van der Waals surface area contributed by atoms with Gasteiger partial charge in [-0.3, -0.25) is 9.78 Å². The van der Waals surface area contributed by atoms with E-state index in [2.05, 4.69) is 11.6 Å². The third-order valence-corrected chi connectivity index (χ3v) is 3.87. The fourth-order valence-electron chi connectivity index (χ4n) is 2.41. The number of carbonyl (C=O) groups excluding carboxylic acids is 1. The highest BCUT2D eigenvalue weighted by atomic mass is 35.5. The van der Waals surface area contributed by atoms with Crippen molar-refractivity contribution in [2.24, 2.45) is 5.92 Å². The summed E-state index contributed by atoms with van der Waals surface area (Å²) in [6.07, 6.45) is 3.99. The van der Waals surface area contributed by atoms with E-state index in [1.807, 2.05) is 30.3 Å². The molecule has 1 unspecified atom stereocenters. The second kappa shape index (κ2) is 4.67. The van der Waals surface area contributed by atoms with E-state index in [0.717, 1.165) is 10.9 Å². The van der Waals surface area contributed by atoms with Crippen molar-refractivity contribution in [1.29, 1.82) is 0 Å². The molecule has 3 nitrogen and oxygen atoms in total. The largest absolute Gasteiger partial charge is 0.309 e. The number of para-hydroxylation sites is 1. The smallest absolute Gasteiger partial charge is 0.227 e. The molecule has 0 aliphatic carbocycles. The lowest BCUT2D eigenvalue weighted by atomic mass is 10.1. The highest BCUT2D eigenvalue weighted by Crippen LogP contribution is 2.35. The van der Waals surface area contributed by atoms with Crippen molar-refractivity contribution in [3.05, 3.63) is 48.1 Å². The van der Waals surface area contributed by atoms with Gasteiger partial charge < -0.3 is 4.90 Å². The summed E-state index contributed by atoms with van der Waals surface area (Å²) in [4.78, 5) is 18.1. The van der Waals surface area contributed by atoms with Crippen LogP contribution in [0.2, 0.25) is 5.02 Å². The van der Waals surface area contributed by atoms with Crippen LogP contribution in [-0.4, -0.2) is 17.4 Å². The number of hydrogen-bond donors (Lipinski definition) is 0. The number of fused-ring (bicyclic) bond motifs is 1. The first-order valence-electron chi connectivity index (χ1n) is 6.17. The minimum Gasteiger partial charge on any atom is -0.309 e. The number of benzene rings is 1. The molecule has 96 valence electrons. The second-order valence-electron chi connectivity index (χ2n) is 4.68. The first kappa shape index (κ1) is 12.2. The minimum atomic E-state index is 0.0730. The number of amides is 1. The zero-order valence-electron chi connectivity index (χ0n) is 10.3. The summed E-state index contributed by atoms with van der Waals surface area (Å²) >= 11 is 6.42. The fraction of sp³-hybridized carbons (Fsp3) is 0.200. The Labute approximate surface area is 116 Å². The van der Waals surface area contributed by atoms with E-state index in [4.69, 9.17) is 11.6 Å². The molecular formula is C15H13ClN2O. The van der Waals surface area contributed by atoms with Crippen molar-refractivity contribution in [3.8, 4) is 0 Å². The van der Waals surface area contributed by atoms with Gasteiger partial charge in [-0.15, -0.1) is 6.58 Å². The molecule has 1 aliphatic heterocycles. The van der Waals surface area contributed by atoms with Crippen molar-refractivity contribution in [3.63, 3.8) is 0 Å². The Bertz CT molecular complexity index is 668. The molecular weight excluding hydrogens is 260 g/mol. The lowest BCUT2D eigenvalue weighted by Gasteiger charge is -2.18. The van der Waals surface area contributed by atoms with Crippen LogP contribution >= 0.6 is 11.6 Å². The number of anilines is 1. The Morgan fingerprint density at radius 1 is 1.42 bits per heavy atom. The van der Waals surface area contributed by atoms with Gasteiger partial charge in [0.1, 0.15) is 0 Å². The van der Waals surface area contributed by atoms with Gasteiger partial charge in [0.25, 0.3) is 0 Å². The summed E-state index contributed by atoms with van der Waals surface area (Å²) in [5, 5.41) is 1.46. The number of hydrogen-bond acceptors (Lipinski definition) is 2. The lowest BCUT2D eigenvalue weighted by molar-refractivity contribution is -0.117. The van der Waals surface area contributed by atoms with Crippen LogP contribution in [0.3, 0.4) is 0 Å². The summed E-state index contributed by atoms with van der Waals surface area (Å²) < 4.78 is 0. The van der Waals surface area contributed by atoms with Gasteiger partial charge in [0.2, 0.25) is 5.91 Å². The average molecular weight is 273 g/mol. The molecule has 2 aromatic rings. The summed E-state index contributed by atoms with van der Waals surface area (Å²) in [5.41, 5.74) is 1.53. The van der Waals surface area contributed by atoms with Crippen molar-refractivity contribution < 1.29 is 4.79 Å². The van der Waals surface area contributed by atoms with Gasteiger partial charge in [-0.2, -0.15) is 0 Å². The van der Waals surface area contributed by atoms with Crippen LogP contribution in [0.4, 0.5) is 5.69 Å². The SMILES string of the molecule is C=CC1CC(=O)N(c2cnc3ccccc3c2Cl)C1. The Balaban J connectivity index is 2.08. The van der Waals surface area contributed by atoms with Gasteiger partial charge in [0.15, 0.2) is 0 Å². The van der Waals surface area contributed by atoms with Crippen LogP contribution in [0.15, 0.2) is 43.1 Å². The summed E-state index contributed by atoms with van der Waals surface area (Å²) in [6, 6.07) is 7.65. The van der Waals surface area contributed by atoms with Gasteiger partial charge in [-0.25, -0.2) is 0 Å². The van der Waals surface area contributed by atoms with E-state index in [0.29, 0.717) is 23.7 Å². The molecule has 1 fully saturated rings. The Hall–Kier alpha value is -1.87. The Morgan fingerprint density at radius 3 is 2.95 bits per heavy atom. The topological polar surface area (TPSA) is 33.2 Å². The van der Waals surface area contributed by atoms with E-state index < -0.39 is 0 Å². The van der Waals surface area contributed by atoms with Crippen molar-refractivity contribution in [2.75, 3.05) is 11.4 Å². The second-order valence-corrected chi connectivity index (χ2v) is 5.06. The highest BCUT2D eigenvalue weighted by molar-refractivity contribution is 6.38. The maximum Gasteiger partial charge on any atom is 0.227 e. The molecule has 4 heteroatoms. The normalized spacial score (nSPS) is 19.1. The summed E-state index contributed by atoms with van der Waals surface area (Å²) in [6.45, 7) is 4.38. The number of pyridine rings is 1. The molecule has 0 spiro atoms. The van der Waals surface area contributed by atoms with E-state index >= 15 is 0 Å². The van der Waals surface area contributed by atoms with Gasteiger partial charge in [-0.05, 0) is 6.07 Å². The number of nitrogens with zero attached hydrogens (tertiary/aromatic N) is 2. The van der Waals surface area contributed by atoms with Crippen LogP contribution in [0.25, 0.3) is 10.9 Å². The maximum absolute atomic E-state index is 12.0. The third kappa shape index (κ3) is 2.00. The molecule has 1 aromatic heterocycles. The molecule has 1 atom stereocenters. The number of aromatic nitrogens is 1. The quantitative estimate of drug-likeness (QED) is 0.785. The van der Waals surface area contributed by atoms with E-state index in [9.17, 15) is 4.79 Å². The zero-order valence-corrected chi connectivity index (χ0v) is 11.1. The fourth-order valence-corrected chi connectivity index (χ4v) is 2.72. The minimum absolute atomic E-state index is 0.0730. The molecule has 1 aliphatic rings. The lowest BCUT2D eigenvalue weighted by Crippen LogP contribution is -2.24. The molecule has 2 heterocycles. The van der Waals surface area contributed by atoms with Crippen LogP contribution in [0.5, 0.6) is 0 Å². The summed E-state index contributed by atoms with van der Waals surface area (Å²) in [7, 11) is 0. The van der Waals surface area contributed by atoms with Crippen LogP contribution < -0.4 is 4.90 Å². The zero-order chi connectivity index (χ0) is 13.4. The van der Waals surface area contributed by atoms with Crippen LogP contribution in [0, 0.1) is 5.92 Å². The number of carbonyl (C=O) groups is 1. The standard InChI is InChI=1S/C15H13ClN2O/c1-2-10-7-14(19)18(9-10)13-8-17-12-6-4-3-5-11(12)15(13)16/h2-6,8,10H,1,7,9H2. The Morgan fingerprint density at radius 2 is 2.21 bits per heavy atom. The molecule has 0 saturated carbocycles. The summed E-state index contributed by atoms with van der Waals surface area (Å²) in [5.74, 6) is 0.263. The molecule has 1 amide bonds. The molecule has 19 heavy (non-hydrogen) atoms. The van der Waals surface area contributed by atoms with Gasteiger partial charge in [-0.1, -0.05) is 35.9 Å². The number of halogens is 1. The molecule has 3 rings (SSSR count). The van der Waals surface area contributed by atoms with Crippen LogP contribution in [0.1, 0.15) is 6.42 Å².